The normalized spacial score (nSPS) is 15.5. The molecule has 2 unspecified atom stereocenters. The van der Waals surface area contributed by atoms with Gasteiger partial charge in [-0.25, -0.2) is 14.5 Å². The third-order valence-corrected chi connectivity index (χ3v) is 7.64. The maximum atomic E-state index is 13.9. The first-order chi connectivity index (χ1) is 21.4. The number of aliphatic carboxylic acids is 1. The van der Waals surface area contributed by atoms with Crippen LogP contribution >= 0.6 is 0 Å². The average molecular weight is 614 g/mol. The van der Waals surface area contributed by atoms with Crippen LogP contribution in [0, 0.1) is 5.92 Å². The van der Waals surface area contributed by atoms with Gasteiger partial charge in [-0.3, -0.25) is 14.4 Å². The molecule has 4 N–H and O–H groups in total. The van der Waals surface area contributed by atoms with E-state index < -0.39 is 47.5 Å². The van der Waals surface area contributed by atoms with Gasteiger partial charge in [0, 0.05) is 17.9 Å². The molecule has 1 heterocycles. The number of carboxylic acids is 1. The zero-order valence-electron chi connectivity index (χ0n) is 25.8. The van der Waals surface area contributed by atoms with E-state index in [1.807, 2.05) is 32.0 Å². The Labute approximate surface area is 262 Å². The van der Waals surface area contributed by atoms with Crippen molar-refractivity contribution < 1.29 is 29.1 Å². The van der Waals surface area contributed by atoms with Gasteiger partial charge in [0.05, 0.1) is 12.5 Å². The molecule has 0 aliphatic carbocycles. The van der Waals surface area contributed by atoms with Crippen LogP contribution in [0.5, 0.6) is 0 Å². The monoisotopic (exact) mass is 613 g/mol. The lowest BCUT2D eigenvalue weighted by Gasteiger charge is -2.29. The first-order valence-electron chi connectivity index (χ1n) is 14.8. The van der Waals surface area contributed by atoms with Crippen molar-refractivity contribution in [2.24, 2.45) is 5.92 Å². The highest BCUT2D eigenvalue weighted by molar-refractivity contribution is 6.09. The lowest BCUT2D eigenvalue weighted by Crippen LogP contribution is -2.52. The number of hydrogen-bond donors (Lipinski definition) is 4. The summed E-state index contributed by atoms with van der Waals surface area (Å²) in [6.45, 7) is 7.13. The molecule has 4 rings (SSSR count). The van der Waals surface area contributed by atoms with E-state index in [1.165, 1.54) is 4.90 Å². The van der Waals surface area contributed by atoms with Crippen molar-refractivity contribution in [3.8, 4) is 0 Å². The molecule has 236 valence electrons. The van der Waals surface area contributed by atoms with Crippen molar-refractivity contribution in [2.45, 2.75) is 64.7 Å². The van der Waals surface area contributed by atoms with Crippen LogP contribution in [0.15, 0.2) is 84.9 Å². The van der Waals surface area contributed by atoms with Crippen molar-refractivity contribution >= 4 is 41.2 Å². The first-order valence-corrected chi connectivity index (χ1v) is 14.8. The fourth-order valence-corrected chi connectivity index (χ4v) is 5.25. The summed E-state index contributed by atoms with van der Waals surface area (Å²) in [5.41, 5.74) is 1.26. The van der Waals surface area contributed by atoms with Crippen molar-refractivity contribution in [1.29, 1.82) is 0 Å². The molecule has 0 spiro atoms. The van der Waals surface area contributed by atoms with E-state index in [1.54, 1.807) is 80.6 Å². The molecule has 6 amide bonds. The van der Waals surface area contributed by atoms with Gasteiger partial charge in [0.15, 0.2) is 0 Å². The number of benzene rings is 3. The minimum atomic E-state index is -1.25. The van der Waals surface area contributed by atoms with Crippen molar-refractivity contribution in [1.82, 2.24) is 15.1 Å². The fourth-order valence-electron chi connectivity index (χ4n) is 5.25. The van der Waals surface area contributed by atoms with E-state index in [-0.39, 0.29) is 25.3 Å². The van der Waals surface area contributed by atoms with Crippen LogP contribution in [0.3, 0.4) is 0 Å². The summed E-state index contributed by atoms with van der Waals surface area (Å²) in [7, 11) is 0. The number of hydrogen-bond acceptors (Lipinski definition) is 5. The standard InChI is InChI=1S/C34H39N5O6/c1-22(2)19-28(30(42)37-27(20-29(40)41)24-11-7-5-8-12-24)39-31(43)34(3,4)38(33(39)45)21-23-15-17-26(18-16-23)36-32(44)35-25-13-9-6-10-14-25/h5-18,22,27-28H,19-21H2,1-4H3,(H,37,42)(H,40,41)(H2,35,36,44). The SMILES string of the molecule is CC(C)CC(C(=O)NC(CC(=O)O)c1ccccc1)N1C(=O)N(Cc2ccc(NC(=O)Nc3ccccc3)cc2)C(C)(C)C1=O. The van der Waals surface area contributed by atoms with E-state index in [2.05, 4.69) is 16.0 Å². The summed E-state index contributed by atoms with van der Waals surface area (Å²) >= 11 is 0. The molecule has 1 aliphatic heterocycles. The first kappa shape index (κ1) is 32.7. The van der Waals surface area contributed by atoms with Crippen LogP contribution in [0.25, 0.3) is 0 Å². The van der Waals surface area contributed by atoms with Crippen molar-refractivity contribution in [3.63, 3.8) is 0 Å². The van der Waals surface area contributed by atoms with Crippen LogP contribution in [0.2, 0.25) is 0 Å². The topological polar surface area (TPSA) is 148 Å². The number of carboxylic acid groups (broad SMARTS) is 1. The lowest BCUT2D eigenvalue weighted by molar-refractivity contribution is -0.140. The number of para-hydroxylation sites is 1. The number of carbonyl (C=O) groups excluding carboxylic acids is 4. The van der Waals surface area contributed by atoms with Crippen LogP contribution in [-0.2, 0) is 20.9 Å². The molecule has 3 aromatic carbocycles. The summed E-state index contributed by atoms with van der Waals surface area (Å²) in [5.74, 6) is -2.25. The summed E-state index contributed by atoms with van der Waals surface area (Å²) in [4.78, 5) is 67.8. The summed E-state index contributed by atoms with van der Waals surface area (Å²) in [6, 6.07) is 21.7. The van der Waals surface area contributed by atoms with Gasteiger partial charge in [-0.2, -0.15) is 0 Å². The van der Waals surface area contributed by atoms with Gasteiger partial charge in [-0.15, -0.1) is 0 Å². The molecular formula is C34H39N5O6. The quantitative estimate of drug-likeness (QED) is 0.195. The number of carbonyl (C=O) groups is 5. The molecule has 0 saturated carbocycles. The van der Waals surface area contributed by atoms with Crippen LogP contribution in [-0.4, -0.2) is 56.3 Å². The number of rotatable bonds is 12. The molecular weight excluding hydrogens is 574 g/mol. The zero-order chi connectivity index (χ0) is 32.7. The van der Waals surface area contributed by atoms with E-state index in [9.17, 15) is 29.1 Å². The predicted molar refractivity (Wildman–Crippen MR) is 170 cm³/mol. The molecule has 3 aromatic rings. The van der Waals surface area contributed by atoms with Crippen molar-refractivity contribution in [2.75, 3.05) is 10.6 Å². The summed E-state index contributed by atoms with van der Waals surface area (Å²) < 4.78 is 0. The molecule has 1 aliphatic rings. The Balaban J connectivity index is 1.50. The third-order valence-electron chi connectivity index (χ3n) is 7.64. The molecule has 1 saturated heterocycles. The third kappa shape index (κ3) is 8.05. The van der Waals surface area contributed by atoms with E-state index in [4.69, 9.17) is 0 Å². The number of amides is 6. The minimum absolute atomic E-state index is 0.0488. The second-order valence-corrected chi connectivity index (χ2v) is 12.0. The molecule has 2 atom stereocenters. The minimum Gasteiger partial charge on any atom is -0.481 e. The second kappa shape index (κ2) is 14.1. The molecule has 11 nitrogen and oxygen atoms in total. The number of imide groups is 1. The Bertz CT molecular complexity index is 1530. The molecule has 11 heteroatoms. The number of urea groups is 2. The van der Waals surface area contributed by atoms with Crippen molar-refractivity contribution in [3.05, 3.63) is 96.1 Å². The Morgan fingerprint density at radius 1 is 0.822 bits per heavy atom. The van der Waals surface area contributed by atoms with Gasteiger partial charge in [-0.1, -0.05) is 74.5 Å². The molecule has 1 fully saturated rings. The van der Waals surface area contributed by atoms with E-state index >= 15 is 0 Å². The smallest absolute Gasteiger partial charge is 0.328 e. The Kier molecular flexibility index (Phi) is 10.2. The van der Waals surface area contributed by atoms with Gasteiger partial charge < -0.3 is 26.0 Å². The fraction of sp³-hybridized carbons (Fsp3) is 0.324. The van der Waals surface area contributed by atoms with Crippen LogP contribution in [0.1, 0.15) is 57.7 Å². The predicted octanol–water partition coefficient (Wildman–Crippen LogP) is 5.62. The Hall–Kier alpha value is -5.19. The molecule has 0 aromatic heterocycles. The van der Waals surface area contributed by atoms with E-state index in [0.29, 0.717) is 16.9 Å². The molecule has 0 bridgehead atoms. The van der Waals surface area contributed by atoms with E-state index in [0.717, 1.165) is 10.5 Å². The lowest BCUT2D eigenvalue weighted by atomic mass is 9.98. The van der Waals surface area contributed by atoms with Crippen LogP contribution < -0.4 is 16.0 Å². The zero-order valence-corrected chi connectivity index (χ0v) is 25.8. The van der Waals surface area contributed by atoms with Gasteiger partial charge in [0.25, 0.3) is 5.91 Å². The average Bonchev–Trinajstić information content (AvgIpc) is 3.15. The summed E-state index contributed by atoms with van der Waals surface area (Å²) in [6.07, 6.45) is -0.157. The van der Waals surface area contributed by atoms with Gasteiger partial charge in [0.1, 0.15) is 11.6 Å². The highest BCUT2D eigenvalue weighted by Crippen LogP contribution is 2.33. The Morgan fingerprint density at radius 2 is 1.38 bits per heavy atom. The van der Waals surface area contributed by atoms with Gasteiger partial charge in [0.2, 0.25) is 5.91 Å². The number of anilines is 2. The highest BCUT2D eigenvalue weighted by Gasteiger charge is 2.54. The van der Waals surface area contributed by atoms with Gasteiger partial charge in [-0.05, 0) is 61.6 Å². The number of nitrogens with one attached hydrogen (secondary N) is 3. The maximum Gasteiger partial charge on any atom is 0.328 e. The summed E-state index contributed by atoms with van der Waals surface area (Å²) in [5, 5.41) is 17.8. The molecule has 0 radical (unpaired) electrons. The maximum absolute atomic E-state index is 13.9. The Morgan fingerprint density at radius 3 is 1.93 bits per heavy atom. The number of nitrogens with zero attached hydrogens (tertiary/aromatic N) is 2. The largest absolute Gasteiger partial charge is 0.481 e. The van der Waals surface area contributed by atoms with Crippen LogP contribution in [0.4, 0.5) is 21.0 Å². The second-order valence-electron chi connectivity index (χ2n) is 12.0. The molecule has 45 heavy (non-hydrogen) atoms. The van der Waals surface area contributed by atoms with Gasteiger partial charge >= 0.3 is 18.0 Å². The highest BCUT2D eigenvalue weighted by atomic mass is 16.4.